The van der Waals surface area contributed by atoms with E-state index in [-0.39, 0.29) is 5.91 Å². The summed E-state index contributed by atoms with van der Waals surface area (Å²) in [5.74, 6) is -0.0658. The molecule has 1 saturated heterocycles. The summed E-state index contributed by atoms with van der Waals surface area (Å²) in [5.41, 5.74) is 2.40. The van der Waals surface area contributed by atoms with Crippen LogP contribution in [0.25, 0.3) is 10.7 Å². The second-order valence-corrected chi connectivity index (χ2v) is 7.15. The molecule has 0 bridgehead atoms. The van der Waals surface area contributed by atoms with Gasteiger partial charge in [0.15, 0.2) is 0 Å². The van der Waals surface area contributed by atoms with Gasteiger partial charge in [0.05, 0.1) is 31.6 Å². The molecule has 3 aromatic rings. The molecular weight excluding hydrogens is 376 g/mol. The van der Waals surface area contributed by atoms with Gasteiger partial charge in [-0.25, -0.2) is 4.98 Å². The van der Waals surface area contributed by atoms with Gasteiger partial charge < -0.3 is 10.1 Å². The normalized spacial score (nSPS) is 15.9. The zero-order valence-corrected chi connectivity index (χ0v) is 16.0. The Balaban J connectivity index is 1.45. The van der Waals surface area contributed by atoms with Crippen LogP contribution < -0.4 is 5.32 Å². The first-order valence-corrected chi connectivity index (χ1v) is 9.89. The van der Waals surface area contributed by atoms with Gasteiger partial charge >= 0.3 is 0 Å². The molecule has 3 aromatic heterocycles. The third-order valence-corrected chi connectivity index (χ3v) is 5.35. The molecule has 4 heterocycles. The summed E-state index contributed by atoms with van der Waals surface area (Å²) in [6.07, 6.45) is 8.40. The minimum atomic E-state index is -0.393. The highest BCUT2D eigenvalue weighted by atomic mass is 32.1. The molecule has 0 aromatic carbocycles. The highest BCUT2D eigenvalue weighted by Crippen LogP contribution is 2.23. The van der Waals surface area contributed by atoms with Crippen LogP contribution in [0.4, 0.5) is 0 Å². The molecule has 28 heavy (non-hydrogen) atoms. The Morgan fingerprint density at radius 1 is 1.21 bits per heavy atom. The smallest absolute Gasteiger partial charge is 0.242 e. The lowest BCUT2D eigenvalue weighted by Crippen LogP contribution is -2.45. The van der Waals surface area contributed by atoms with E-state index >= 15 is 0 Å². The van der Waals surface area contributed by atoms with Crippen molar-refractivity contribution in [1.29, 1.82) is 0 Å². The van der Waals surface area contributed by atoms with Crippen molar-refractivity contribution in [3.8, 4) is 10.7 Å². The van der Waals surface area contributed by atoms with E-state index in [9.17, 15) is 4.79 Å². The molecule has 8 nitrogen and oxygen atoms in total. The number of aromatic nitrogens is 4. The van der Waals surface area contributed by atoms with Gasteiger partial charge in [-0.05, 0) is 11.6 Å². The SMILES string of the molecule is O=C(NCc1csc(-c2cnccn2)n1)C(c1cccnc1)N1CCOCC1. The van der Waals surface area contributed by atoms with E-state index in [2.05, 4.69) is 30.2 Å². The number of amides is 1. The largest absolute Gasteiger partial charge is 0.379 e. The zero-order chi connectivity index (χ0) is 19.2. The second-order valence-electron chi connectivity index (χ2n) is 6.29. The zero-order valence-electron chi connectivity index (χ0n) is 15.2. The molecule has 1 amide bonds. The average Bonchev–Trinajstić information content (AvgIpc) is 3.24. The molecule has 144 valence electrons. The summed E-state index contributed by atoms with van der Waals surface area (Å²) in [7, 11) is 0. The lowest BCUT2D eigenvalue weighted by molar-refractivity contribution is -0.128. The highest BCUT2D eigenvalue weighted by molar-refractivity contribution is 7.13. The number of hydrogen-bond acceptors (Lipinski definition) is 8. The fourth-order valence-electron chi connectivity index (χ4n) is 3.09. The summed E-state index contributed by atoms with van der Waals surface area (Å²) < 4.78 is 5.43. The van der Waals surface area contributed by atoms with Gasteiger partial charge in [-0.15, -0.1) is 11.3 Å². The number of hydrogen-bond donors (Lipinski definition) is 1. The molecule has 9 heteroatoms. The number of nitrogens with zero attached hydrogens (tertiary/aromatic N) is 5. The number of morpholine rings is 1. The van der Waals surface area contributed by atoms with Gasteiger partial charge in [-0.1, -0.05) is 6.07 Å². The van der Waals surface area contributed by atoms with Crippen LogP contribution in [0.3, 0.4) is 0 Å². The van der Waals surface area contributed by atoms with Gasteiger partial charge in [0.2, 0.25) is 5.91 Å². The Hall–Kier alpha value is -2.75. The topological polar surface area (TPSA) is 93.1 Å². The van der Waals surface area contributed by atoms with Crippen LogP contribution in [0.15, 0.2) is 48.5 Å². The van der Waals surface area contributed by atoms with E-state index in [1.807, 2.05) is 17.5 Å². The maximum atomic E-state index is 13.0. The van der Waals surface area contributed by atoms with Crippen LogP contribution in [0.2, 0.25) is 0 Å². The van der Waals surface area contributed by atoms with Crippen LogP contribution in [-0.2, 0) is 16.1 Å². The van der Waals surface area contributed by atoms with Gasteiger partial charge in [-0.2, -0.15) is 0 Å². The minimum absolute atomic E-state index is 0.0658. The van der Waals surface area contributed by atoms with Crippen molar-refractivity contribution in [1.82, 2.24) is 30.2 Å². The van der Waals surface area contributed by atoms with E-state index < -0.39 is 6.04 Å². The van der Waals surface area contributed by atoms with Crippen LogP contribution >= 0.6 is 11.3 Å². The van der Waals surface area contributed by atoms with E-state index in [1.54, 1.807) is 31.0 Å². The summed E-state index contributed by atoms with van der Waals surface area (Å²) in [5, 5.41) is 5.73. The van der Waals surface area contributed by atoms with E-state index in [4.69, 9.17) is 4.74 Å². The molecule has 0 saturated carbocycles. The van der Waals surface area contributed by atoms with Crippen molar-refractivity contribution < 1.29 is 9.53 Å². The lowest BCUT2D eigenvalue weighted by atomic mass is 10.1. The molecule has 4 rings (SSSR count). The summed E-state index contributed by atoms with van der Waals surface area (Å²) in [6, 6.07) is 3.39. The first-order chi connectivity index (χ1) is 13.8. The standard InChI is InChI=1S/C19H20N6O2S/c26-18(17(14-2-1-3-20-10-14)25-6-8-27-9-7-25)23-11-15-13-28-19(24-15)16-12-21-4-5-22-16/h1-5,10,12-13,17H,6-9,11H2,(H,23,26). The van der Waals surface area contributed by atoms with Crippen LogP contribution in [0.1, 0.15) is 17.3 Å². The van der Waals surface area contributed by atoms with Crippen molar-refractivity contribution in [2.75, 3.05) is 26.3 Å². The lowest BCUT2D eigenvalue weighted by Gasteiger charge is -2.33. The molecular formula is C19H20N6O2S. The molecule has 1 fully saturated rings. The molecule has 1 atom stereocenters. The number of pyridine rings is 1. The van der Waals surface area contributed by atoms with Gasteiger partial charge in [0, 0.05) is 43.3 Å². The van der Waals surface area contributed by atoms with Crippen molar-refractivity contribution in [3.63, 3.8) is 0 Å². The maximum absolute atomic E-state index is 13.0. The predicted octanol–water partition coefficient (Wildman–Crippen LogP) is 1.68. The third-order valence-electron chi connectivity index (χ3n) is 4.44. The first-order valence-electron chi connectivity index (χ1n) is 9.01. The second kappa shape index (κ2) is 8.96. The Morgan fingerprint density at radius 3 is 2.82 bits per heavy atom. The fraction of sp³-hybridized carbons (Fsp3) is 0.316. The van der Waals surface area contributed by atoms with Crippen molar-refractivity contribution >= 4 is 17.2 Å². The quantitative estimate of drug-likeness (QED) is 0.678. The number of carbonyl (C=O) groups excluding carboxylic acids is 1. The minimum Gasteiger partial charge on any atom is -0.379 e. The molecule has 1 aliphatic heterocycles. The molecule has 1 N–H and O–H groups in total. The first kappa shape index (κ1) is 18.6. The number of ether oxygens (including phenoxy) is 1. The van der Waals surface area contributed by atoms with E-state index in [0.29, 0.717) is 32.8 Å². The summed E-state index contributed by atoms with van der Waals surface area (Å²) >= 11 is 1.49. The van der Waals surface area contributed by atoms with E-state index in [0.717, 1.165) is 22.0 Å². The van der Waals surface area contributed by atoms with Crippen molar-refractivity contribution in [2.24, 2.45) is 0 Å². The third kappa shape index (κ3) is 4.38. The molecule has 0 aliphatic carbocycles. The Morgan fingerprint density at radius 2 is 2.07 bits per heavy atom. The van der Waals surface area contributed by atoms with Crippen LogP contribution in [-0.4, -0.2) is 57.0 Å². The van der Waals surface area contributed by atoms with E-state index in [1.165, 1.54) is 11.3 Å². The monoisotopic (exact) mass is 396 g/mol. The van der Waals surface area contributed by atoms with Crippen molar-refractivity contribution in [2.45, 2.75) is 12.6 Å². The molecule has 1 aliphatic rings. The van der Waals surface area contributed by atoms with Gasteiger partial charge in [0.25, 0.3) is 0 Å². The predicted molar refractivity (Wildman–Crippen MR) is 104 cm³/mol. The van der Waals surface area contributed by atoms with Gasteiger partial charge in [0.1, 0.15) is 16.7 Å². The Labute approximate surface area is 166 Å². The molecule has 0 spiro atoms. The maximum Gasteiger partial charge on any atom is 0.242 e. The average molecular weight is 396 g/mol. The number of nitrogens with one attached hydrogen (secondary N) is 1. The summed E-state index contributed by atoms with van der Waals surface area (Å²) in [6.45, 7) is 3.02. The Bertz CT molecular complexity index is 899. The number of rotatable bonds is 6. The fourth-order valence-corrected chi connectivity index (χ4v) is 3.87. The summed E-state index contributed by atoms with van der Waals surface area (Å²) in [4.78, 5) is 32.2. The van der Waals surface area contributed by atoms with Gasteiger partial charge in [-0.3, -0.25) is 24.6 Å². The highest BCUT2D eigenvalue weighted by Gasteiger charge is 2.29. The number of thiazole rings is 1. The molecule has 0 radical (unpaired) electrons. The molecule has 1 unspecified atom stereocenters. The Kier molecular flexibility index (Phi) is 5.95. The van der Waals surface area contributed by atoms with Crippen LogP contribution in [0, 0.1) is 0 Å². The van der Waals surface area contributed by atoms with Crippen LogP contribution in [0.5, 0.6) is 0 Å². The van der Waals surface area contributed by atoms with Crippen molar-refractivity contribution in [3.05, 3.63) is 59.8 Å². The number of carbonyl (C=O) groups is 1.